The second-order valence-electron chi connectivity index (χ2n) is 3.88. The summed E-state index contributed by atoms with van der Waals surface area (Å²) in [7, 11) is 0. The van der Waals surface area contributed by atoms with Crippen molar-refractivity contribution in [3.8, 4) is 0 Å². The molecule has 0 fully saturated rings. The zero-order chi connectivity index (χ0) is 11.4. The normalized spacial score (nSPS) is 12.6. The predicted octanol–water partition coefficient (Wildman–Crippen LogP) is 3.38. The van der Waals surface area contributed by atoms with E-state index in [1.165, 1.54) is 5.56 Å². The highest BCUT2D eigenvalue weighted by molar-refractivity contribution is 6.32. The molecule has 1 aromatic rings. The quantitative estimate of drug-likeness (QED) is 0.786. The Labute approximate surface area is 95.6 Å². The van der Waals surface area contributed by atoms with Crippen LogP contribution in [0.25, 0.3) is 0 Å². The number of carbonyl (C=O) groups is 1. The second kappa shape index (κ2) is 5.17. The fraction of sp³-hybridized carbons (Fsp3) is 0.417. The maximum atomic E-state index is 11.3. The van der Waals surface area contributed by atoms with Crippen molar-refractivity contribution in [1.29, 1.82) is 0 Å². The number of hydrogen-bond acceptors (Lipinski definition) is 1. The molecule has 0 spiro atoms. The van der Waals surface area contributed by atoms with Gasteiger partial charge in [-0.2, -0.15) is 0 Å². The Kier molecular flexibility index (Phi) is 4.15. The van der Waals surface area contributed by atoms with Crippen LogP contribution in [0, 0.1) is 0 Å². The van der Waals surface area contributed by atoms with Gasteiger partial charge in [-0.15, -0.1) is 11.6 Å². The number of rotatable bonds is 3. The topological polar surface area (TPSA) is 29.1 Å². The van der Waals surface area contributed by atoms with Crippen LogP contribution in [0.5, 0.6) is 0 Å². The van der Waals surface area contributed by atoms with Crippen LogP contribution < -0.4 is 5.32 Å². The largest absolute Gasteiger partial charge is 0.325 e. The lowest BCUT2D eigenvalue weighted by atomic mass is 10.0. The van der Waals surface area contributed by atoms with Crippen LogP contribution in [0.2, 0.25) is 0 Å². The number of amides is 1. The molecule has 0 heterocycles. The van der Waals surface area contributed by atoms with Crippen molar-refractivity contribution >= 4 is 23.2 Å². The summed E-state index contributed by atoms with van der Waals surface area (Å²) >= 11 is 5.65. The first-order valence-electron chi connectivity index (χ1n) is 5.05. The summed E-state index contributed by atoms with van der Waals surface area (Å²) in [5.74, 6) is 0.329. The van der Waals surface area contributed by atoms with Crippen molar-refractivity contribution in [1.82, 2.24) is 0 Å². The molecule has 1 rings (SSSR count). The van der Waals surface area contributed by atoms with E-state index in [9.17, 15) is 4.79 Å². The van der Waals surface area contributed by atoms with Gasteiger partial charge in [0.2, 0.25) is 5.91 Å². The van der Waals surface area contributed by atoms with Gasteiger partial charge in [0.25, 0.3) is 0 Å². The van der Waals surface area contributed by atoms with Crippen LogP contribution in [0.4, 0.5) is 5.69 Å². The van der Waals surface area contributed by atoms with E-state index in [1.54, 1.807) is 6.92 Å². The van der Waals surface area contributed by atoms with Crippen molar-refractivity contribution in [2.24, 2.45) is 0 Å². The molecule has 0 aliphatic rings. The highest BCUT2D eigenvalue weighted by atomic mass is 35.5. The third-order valence-corrected chi connectivity index (χ3v) is 2.40. The molecule has 1 aromatic carbocycles. The Balaban J connectivity index is 2.69. The Hall–Kier alpha value is -1.02. The first-order valence-corrected chi connectivity index (χ1v) is 5.49. The molecule has 1 N–H and O–H groups in total. The Morgan fingerprint density at radius 3 is 2.13 bits per heavy atom. The zero-order valence-corrected chi connectivity index (χ0v) is 10.0. The van der Waals surface area contributed by atoms with Gasteiger partial charge in [0, 0.05) is 5.69 Å². The number of anilines is 1. The SMILES string of the molecule is CC(C)c1ccc(NC(=O)[C@@H](C)Cl)cc1. The Morgan fingerprint density at radius 1 is 1.20 bits per heavy atom. The molecule has 15 heavy (non-hydrogen) atoms. The van der Waals surface area contributed by atoms with E-state index in [-0.39, 0.29) is 5.91 Å². The average Bonchev–Trinajstić information content (AvgIpc) is 2.18. The molecule has 1 atom stereocenters. The van der Waals surface area contributed by atoms with Crippen LogP contribution in [-0.4, -0.2) is 11.3 Å². The smallest absolute Gasteiger partial charge is 0.242 e. The third-order valence-electron chi connectivity index (χ3n) is 2.21. The van der Waals surface area contributed by atoms with Gasteiger partial charge in [0.05, 0.1) is 0 Å². The van der Waals surface area contributed by atoms with Crippen LogP contribution >= 0.6 is 11.6 Å². The molecular formula is C12H16ClNO. The van der Waals surface area contributed by atoms with Crippen LogP contribution in [0.3, 0.4) is 0 Å². The second-order valence-corrected chi connectivity index (χ2v) is 4.54. The van der Waals surface area contributed by atoms with Gasteiger partial charge in [0.15, 0.2) is 0 Å². The minimum Gasteiger partial charge on any atom is -0.325 e. The van der Waals surface area contributed by atoms with Crippen LogP contribution in [-0.2, 0) is 4.79 Å². The Morgan fingerprint density at radius 2 is 1.73 bits per heavy atom. The summed E-state index contributed by atoms with van der Waals surface area (Å²) < 4.78 is 0. The molecule has 82 valence electrons. The molecule has 0 aliphatic carbocycles. The summed E-state index contributed by atoms with van der Waals surface area (Å²) in [5.41, 5.74) is 2.05. The molecule has 0 saturated carbocycles. The molecule has 0 unspecified atom stereocenters. The van der Waals surface area contributed by atoms with Gasteiger partial charge in [0.1, 0.15) is 5.38 Å². The molecular weight excluding hydrogens is 210 g/mol. The summed E-state index contributed by atoms with van der Waals surface area (Å²) in [6.07, 6.45) is 0. The minimum absolute atomic E-state index is 0.172. The van der Waals surface area contributed by atoms with Crippen LogP contribution in [0.15, 0.2) is 24.3 Å². The number of alkyl halides is 1. The molecule has 2 nitrogen and oxygen atoms in total. The van der Waals surface area contributed by atoms with Gasteiger partial charge in [-0.25, -0.2) is 0 Å². The third kappa shape index (κ3) is 3.56. The first-order chi connectivity index (χ1) is 7.00. The van der Waals surface area contributed by atoms with E-state index >= 15 is 0 Å². The van der Waals surface area contributed by atoms with E-state index in [0.717, 1.165) is 5.69 Å². The fourth-order valence-electron chi connectivity index (χ4n) is 1.19. The van der Waals surface area contributed by atoms with E-state index in [4.69, 9.17) is 11.6 Å². The minimum atomic E-state index is -0.505. The van der Waals surface area contributed by atoms with Gasteiger partial charge in [-0.05, 0) is 30.5 Å². The number of nitrogens with one attached hydrogen (secondary N) is 1. The average molecular weight is 226 g/mol. The number of carbonyl (C=O) groups excluding carboxylic acids is 1. The lowest BCUT2D eigenvalue weighted by Crippen LogP contribution is -2.20. The van der Waals surface area contributed by atoms with Crippen molar-refractivity contribution in [3.63, 3.8) is 0 Å². The first kappa shape index (κ1) is 12.1. The Bertz CT molecular complexity index is 330. The van der Waals surface area contributed by atoms with Crippen molar-refractivity contribution in [2.45, 2.75) is 32.1 Å². The maximum absolute atomic E-state index is 11.3. The van der Waals surface area contributed by atoms with Gasteiger partial charge in [-0.1, -0.05) is 26.0 Å². The lowest BCUT2D eigenvalue weighted by molar-refractivity contribution is -0.115. The lowest BCUT2D eigenvalue weighted by Gasteiger charge is -2.09. The zero-order valence-electron chi connectivity index (χ0n) is 9.25. The molecule has 0 bridgehead atoms. The van der Waals surface area contributed by atoms with E-state index in [1.807, 2.05) is 24.3 Å². The molecule has 0 saturated heterocycles. The van der Waals surface area contributed by atoms with E-state index < -0.39 is 5.38 Å². The van der Waals surface area contributed by atoms with Crippen LogP contribution in [0.1, 0.15) is 32.3 Å². The number of benzene rings is 1. The summed E-state index contributed by atoms with van der Waals surface area (Å²) in [6, 6.07) is 7.82. The van der Waals surface area contributed by atoms with Crippen molar-refractivity contribution in [3.05, 3.63) is 29.8 Å². The highest BCUT2D eigenvalue weighted by Crippen LogP contribution is 2.17. The molecule has 0 aliphatic heterocycles. The van der Waals surface area contributed by atoms with Crippen molar-refractivity contribution < 1.29 is 4.79 Å². The number of hydrogen-bond donors (Lipinski definition) is 1. The van der Waals surface area contributed by atoms with Gasteiger partial charge >= 0.3 is 0 Å². The van der Waals surface area contributed by atoms with Crippen molar-refractivity contribution in [2.75, 3.05) is 5.32 Å². The predicted molar refractivity (Wildman–Crippen MR) is 64.5 cm³/mol. The van der Waals surface area contributed by atoms with Gasteiger partial charge in [-0.3, -0.25) is 4.79 Å². The molecule has 1 amide bonds. The van der Waals surface area contributed by atoms with E-state index in [0.29, 0.717) is 5.92 Å². The standard InChI is InChI=1S/C12H16ClNO/c1-8(2)10-4-6-11(7-5-10)14-12(15)9(3)13/h4-9H,1-3H3,(H,14,15)/t9-/m1/s1. The summed E-state index contributed by atoms with van der Waals surface area (Å²) in [5, 5.41) is 2.23. The molecule has 0 radical (unpaired) electrons. The summed E-state index contributed by atoms with van der Waals surface area (Å²) in [6.45, 7) is 5.92. The monoisotopic (exact) mass is 225 g/mol. The molecule has 3 heteroatoms. The van der Waals surface area contributed by atoms with Gasteiger partial charge < -0.3 is 5.32 Å². The molecule has 0 aromatic heterocycles. The highest BCUT2D eigenvalue weighted by Gasteiger charge is 2.08. The van der Waals surface area contributed by atoms with E-state index in [2.05, 4.69) is 19.2 Å². The maximum Gasteiger partial charge on any atom is 0.242 e. The fourth-order valence-corrected chi connectivity index (χ4v) is 1.25. The number of halogens is 1. The summed E-state index contributed by atoms with van der Waals surface area (Å²) in [4.78, 5) is 11.3.